The van der Waals surface area contributed by atoms with Gasteiger partial charge in [0.05, 0.1) is 6.61 Å². The monoisotopic (exact) mass is 358 g/mol. The van der Waals surface area contributed by atoms with E-state index >= 15 is 0 Å². The standard InChI is InChI=1S/C19H19ClN2O3/c20-16-9-6-15(7-10-16)12-21-19(25)17(13-23)22-18(24)11-8-14-4-2-1-3-5-14/h1-11,17,23H,12-13H2,(H,21,25)(H,22,24)/t17-/m0/s1. The number of nitrogens with one attached hydrogen (secondary N) is 2. The Morgan fingerprint density at radius 1 is 1.08 bits per heavy atom. The van der Waals surface area contributed by atoms with Crippen molar-refractivity contribution in [1.29, 1.82) is 0 Å². The molecule has 0 saturated heterocycles. The van der Waals surface area contributed by atoms with Crippen LogP contribution in [-0.4, -0.2) is 29.6 Å². The van der Waals surface area contributed by atoms with E-state index < -0.39 is 24.5 Å². The minimum atomic E-state index is -1.01. The highest BCUT2D eigenvalue weighted by Crippen LogP contribution is 2.09. The minimum absolute atomic E-state index is 0.280. The molecule has 0 aliphatic heterocycles. The fourth-order valence-electron chi connectivity index (χ4n) is 2.06. The van der Waals surface area contributed by atoms with Crippen LogP contribution in [0.15, 0.2) is 60.7 Å². The Balaban J connectivity index is 1.85. The van der Waals surface area contributed by atoms with Gasteiger partial charge in [0.25, 0.3) is 0 Å². The fourth-order valence-corrected chi connectivity index (χ4v) is 2.19. The van der Waals surface area contributed by atoms with Crippen molar-refractivity contribution < 1.29 is 14.7 Å². The molecule has 25 heavy (non-hydrogen) atoms. The molecule has 0 fully saturated rings. The van der Waals surface area contributed by atoms with Crippen LogP contribution in [-0.2, 0) is 16.1 Å². The second-order valence-electron chi connectivity index (χ2n) is 5.33. The van der Waals surface area contributed by atoms with E-state index in [1.54, 1.807) is 30.3 Å². The molecule has 0 aliphatic carbocycles. The van der Waals surface area contributed by atoms with E-state index in [4.69, 9.17) is 11.6 Å². The van der Waals surface area contributed by atoms with Crippen LogP contribution in [0.1, 0.15) is 11.1 Å². The van der Waals surface area contributed by atoms with E-state index in [2.05, 4.69) is 10.6 Å². The maximum atomic E-state index is 12.1. The molecule has 0 aromatic heterocycles. The quantitative estimate of drug-likeness (QED) is 0.663. The molecule has 0 spiro atoms. The minimum Gasteiger partial charge on any atom is -0.394 e. The van der Waals surface area contributed by atoms with E-state index in [0.29, 0.717) is 5.02 Å². The molecule has 3 N–H and O–H groups in total. The summed E-state index contributed by atoms with van der Waals surface area (Å²) in [5.74, 6) is -0.913. The molecule has 0 radical (unpaired) electrons. The van der Waals surface area contributed by atoms with E-state index in [1.807, 2.05) is 30.3 Å². The summed E-state index contributed by atoms with van der Waals surface area (Å²) in [6, 6.07) is 15.3. The molecule has 130 valence electrons. The van der Waals surface area contributed by atoms with Crippen LogP contribution in [0.2, 0.25) is 5.02 Å². The molecule has 2 aromatic carbocycles. The molecule has 6 heteroatoms. The number of rotatable bonds is 7. The topological polar surface area (TPSA) is 78.4 Å². The first kappa shape index (κ1) is 18.7. The Bertz CT molecular complexity index is 730. The summed E-state index contributed by atoms with van der Waals surface area (Å²) in [5, 5.41) is 15.1. The van der Waals surface area contributed by atoms with Gasteiger partial charge in [0.15, 0.2) is 0 Å². The van der Waals surface area contributed by atoms with Crippen molar-refractivity contribution in [3.63, 3.8) is 0 Å². The zero-order valence-electron chi connectivity index (χ0n) is 13.5. The van der Waals surface area contributed by atoms with Crippen LogP contribution in [0.4, 0.5) is 0 Å². The smallest absolute Gasteiger partial charge is 0.245 e. The second kappa shape index (κ2) is 9.61. The molecule has 5 nitrogen and oxygen atoms in total. The number of benzene rings is 2. The number of hydrogen-bond donors (Lipinski definition) is 3. The lowest BCUT2D eigenvalue weighted by molar-refractivity contribution is -0.128. The normalized spacial score (nSPS) is 11.9. The largest absolute Gasteiger partial charge is 0.394 e. The highest BCUT2D eigenvalue weighted by Gasteiger charge is 2.18. The molecule has 0 saturated carbocycles. The molecule has 0 bridgehead atoms. The first-order valence-corrected chi connectivity index (χ1v) is 8.13. The molecule has 0 aliphatic rings. The van der Waals surface area contributed by atoms with E-state index in [0.717, 1.165) is 11.1 Å². The van der Waals surface area contributed by atoms with Crippen molar-refractivity contribution in [2.75, 3.05) is 6.61 Å². The van der Waals surface area contributed by atoms with Crippen LogP contribution < -0.4 is 10.6 Å². The lowest BCUT2D eigenvalue weighted by Gasteiger charge is -2.15. The summed E-state index contributed by atoms with van der Waals surface area (Å²) in [6.07, 6.45) is 2.96. The number of aliphatic hydroxyl groups excluding tert-OH is 1. The van der Waals surface area contributed by atoms with Crippen molar-refractivity contribution in [3.8, 4) is 0 Å². The van der Waals surface area contributed by atoms with Crippen molar-refractivity contribution in [1.82, 2.24) is 10.6 Å². The van der Waals surface area contributed by atoms with Crippen molar-refractivity contribution in [2.45, 2.75) is 12.6 Å². The van der Waals surface area contributed by atoms with Gasteiger partial charge in [0, 0.05) is 17.6 Å². The van der Waals surface area contributed by atoms with E-state index in [1.165, 1.54) is 6.08 Å². The van der Waals surface area contributed by atoms with Crippen molar-refractivity contribution >= 4 is 29.5 Å². The first-order chi connectivity index (χ1) is 12.1. The summed E-state index contributed by atoms with van der Waals surface area (Å²) in [5.41, 5.74) is 1.73. The van der Waals surface area contributed by atoms with Gasteiger partial charge in [-0.2, -0.15) is 0 Å². The predicted molar refractivity (Wildman–Crippen MR) is 97.8 cm³/mol. The molecule has 2 amide bonds. The maximum Gasteiger partial charge on any atom is 0.245 e. The molecule has 0 unspecified atom stereocenters. The first-order valence-electron chi connectivity index (χ1n) is 7.75. The molecule has 0 heterocycles. The third-order valence-electron chi connectivity index (χ3n) is 3.42. The van der Waals surface area contributed by atoms with Gasteiger partial charge < -0.3 is 15.7 Å². The zero-order valence-corrected chi connectivity index (χ0v) is 14.2. The summed E-state index contributed by atoms with van der Waals surface area (Å²) in [4.78, 5) is 24.0. The number of hydrogen-bond acceptors (Lipinski definition) is 3. The van der Waals surface area contributed by atoms with Crippen molar-refractivity contribution in [2.24, 2.45) is 0 Å². The number of amides is 2. The average Bonchev–Trinajstić information content (AvgIpc) is 2.64. The third-order valence-corrected chi connectivity index (χ3v) is 3.67. The molecular weight excluding hydrogens is 340 g/mol. The van der Waals surface area contributed by atoms with Crippen LogP contribution >= 0.6 is 11.6 Å². The highest BCUT2D eigenvalue weighted by atomic mass is 35.5. The van der Waals surface area contributed by atoms with Gasteiger partial charge in [-0.25, -0.2) is 0 Å². The Labute approximate surface area is 151 Å². The summed E-state index contributed by atoms with van der Waals surface area (Å²) < 4.78 is 0. The van der Waals surface area contributed by atoms with E-state index in [9.17, 15) is 14.7 Å². The summed E-state index contributed by atoms with van der Waals surface area (Å²) in [6.45, 7) is -0.209. The highest BCUT2D eigenvalue weighted by molar-refractivity contribution is 6.30. The molecular formula is C19H19ClN2O3. The Hall–Kier alpha value is -2.63. The Morgan fingerprint density at radius 3 is 2.40 bits per heavy atom. The van der Waals surface area contributed by atoms with Gasteiger partial charge in [0.1, 0.15) is 6.04 Å². The molecule has 2 aromatic rings. The lowest BCUT2D eigenvalue weighted by Crippen LogP contribution is -2.48. The van der Waals surface area contributed by atoms with Crippen LogP contribution in [0, 0.1) is 0 Å². The maximum absolute atomic E-state index is 12.1. The van der Waals surface area contributed by atoms with Gasteiger partial charge in [0.2, 0.25) is 11.8 Å². The summed E-state index contributed by atoms with van der Waals surface area (Å²) >= 11 is 5.80. The Kier molecular flexibility index (Phi) is 7.19. The van der Waals surface area contributed by atoms with Gasteiger partial charge in [-0.3, -0.25) is 9.59 Å². The third kappa shape index (κ3) is 6.41. The number of carbonyl (C=O) groups is 2. The van der Waals surface area contributed by atoms with Gasteiger partial charge in [-0.15, -0.1) is 0 Å². The number of aliphatic hydroxyl groups is 1. The Morgan fingerprint density at radius 2 is 1.76 bits per heavy atom. The SMILES string of the molecule is O=C(C=Cc1ccccc1)N[C@@H](CO)C(=O)NCc1ccc(Cl)cc1. The van der Waals surface area contributed by atoms with Crippen LogP contribution in [0.25, 0.3) is 6.08 Å². The molecule has 1 atom stereocenters. The molecule has 2 rings (SSSR count). The van der Waals surface area contributed by atoms with Gasteiger partial charge in [-0.1, -0.05) is 54.1 Å². The van der Waals surface area contributed by atoms with Gasteiger partial charge in [-0.05, 0) is 29.3 Å². The van der Waals surface area contributed by atoms with Crippen LogP contribution in [0.3, 0.4) is 0 Å². The second-order valence-corrected chi connectivity index (χ2v) is 5.77. The van der Waals surface area contributed by atoms with E-state index in [-0.39, 0.29) is 6.54 Å². The fraction of sp³-hybridized carbons (Fsp3) is 0.158. The number of carbonyl (C=O) groups excluding carboxylic acids is 2. The van der Waals surface area contributed by atoms with Crippen molar-refractivity contribution in [3.05, 3.63) is 76.8 Å². The predicted octanol–water partition coefficient (Wildman–Crippen LogP) is 2.15. The summed E-state index contributed by atoms with van der Waals surface area (Å²) in [7, 11) is 0. The number of halogens is 1. The zero-order chi connectivity index (χ0) is 18.1. The average molecular weight is 359 g/mol. The lowest BCUT2D eigenvalue weighted by atomic mass is 10.2. The van der Waals surface area contributed by atoms with Crippen LogP contribution in [0.5, 0.6) is 0 Å². The van der Waals surface area contributed by atoms with Gasteiger partial charge >= 0.3 is 0 Å².